The predicted octanol–water partition coefficient (Wildman–Crippen LogP) is 2.88. The number of H-pyrrole nitrogens is 1. The van der Waals surface area contributed by atoms with Crippen LogP contribution in [0, 0.1) is 5.92 Å². The molecule has 0 fully saturated rings. The molecule has 2 aromatic heterocycles. The third-order valence-electron chi connectivity index (χ3n) is 5.17. The predicted molar refractivity (Wildman–Crippen MR) is 120 cm³/mol. The molecule has 0 unspecified atom stereocenters. The minimum absolute atomic E-state index is 0.137. The van der Waals surface area contributed by atoms with Crippen molar-refractivity contribution in [1.29, 1.82) is 0 Å². The molecule has 1 aliphatic heterocycles. The van der Waals surface area contributed by atoms with Crippen LogP contribution in [-0.4, -0.2) is 38.2 Å². The van der Waals surface area contributed by atoms with Crippen LogP contribution in [0.1, 0.15) is 43.0 Å². The minimum Gasteiger partial charge on any atom is -0.337 e. The van der Waals surface area contributed by atoms with Crippen LogP contribution in [0.2, 0.25) is 0 Å². The molecule has 0 saturated heterocycles. The number of aromatic amines is 1. The first-order valence-electron chi connectivity index (χ1n) is 10.4. The van der Waals surface area contributed by atoms with Gasteiger partial charge in [0.05, 0.1) is 23.3 Å². The number of hydrogen-bond donors (Lipinski definition) is 2. The van der Waals surface area contributed by atoms with Gasteiger partial charge in [-0.25, -0.2) is 9.97 Å². The summed E-state index contributed by atoms with van der Waals surface area (Å²) in [5.41, 5.74) is 2.38. The third kappa shape index (κ3) is 4.99. The maximum absolute atomic E-state index is 12.4. The van der Waals surface area contributed by atoms with Gasteiger partial charge in [-0.05, 0) is 18.1 Å². The van der Waals surface area contributed by atoms with E-state index >= 15 is 0 Å². The summed E-state index contributed by atoms with van der Waals surface area (Å²) < 4.78 is 0. The van der Waals surface area contributed by atoms with Crippen LogP contribution in [0.25, 0.3) is 11.0 Å². The fourth-order valence-corrected chi connectivity index (χ4v) is 4.63. The summed E-state index contributed by atoms with van der Waals surface area (Å²) in [6.07, 6.45) is 1.62. The van der Waals surface area contributed by atoms with Crippen LogP contribution >= 0.6 is 11.3 Å². The minimum atomic E-state index is -0.276. The Kier molecular flexibility index (Phi) is 6.13. The highest BCUT2D eigenvalue weighted by molar-refractivity contribution is 7.15. The Bertz CT molecular complexity index is 1180. The number of aromatic nitrogens is 3. The molecular formula is C22H25N5O3S. The zero-order valence-corrected chi connectivity index (χ0v) is 18.4. The number of carbonyl (C=O) groups excluding carboxylic acids is 2. The Morgan fingerprint density at radius 1 is 1.26 bits per heavy atom. The summed E-state index contributed by atoms with van der Waals surface area (Å²) in [6.45, 7) is 5.28. The largest absolute Gasteiger partial charge is 0.337 e. The molecule has 0 radical (unpaired) electrons. The van der Waals surface area contributed by atoms with Crippen molar-refractivity contribution in [3.63, 3.8) is 0 Å². The van der Waals surface area contributed by atoms with Crippen LogP contribution in [0.3, 0.4) is 0 Å². The van der Waals surface area contributed by atoms with Crippen molar-refractivity contribution in [2.45, 2.75) is 46.1 Å². The third-order valence-corrected chi connectivity index (χ3v) is 6.17. The molecule has 2 amide bonds. The number of fused-ring (bicyclic) bond motifs is 2. The number of benzene rings is 1. The van der Waals surface area contributed by atoms with Crippen LogP contribution < -0.4 is 10.9 Å². The lowest BCUT2D eigenvalue weighted by Crippen LogP contribution is -2.36. The summed E-state index contributed by atoms with van der Waals surface area (Å²) in [7, 11) is 0. The summed E-state index contributed by atoms with van der Waals surface area (Å²) in [5, 5.41) is 3.36. The lowest BCUT2D eigenvalue weighted by Gasteiger charge is -2.26. The molecule has 3 heterocycles. The molecule has 0 bridgehead atoms. The summed E-state index contributed by atoms with van der Waals surface area (Å²) in [6, 6.07) is 7.30. The van der Waals surface area contributed by atoms with Crippen LogP contribution in [-0.2, 0) is 29.0 Å². The summed E-state index contributed by atoms with van der Waals surface area (Å²) in [5.74, 6) is 0.274. The second kappa shape index (κ2) is 8.97. The van der Waals surface area contributed by atoms with Gasteiger partial charge in [-0.3, -0.25) is 14.4 Å². The number of aryl methyl sites for hydroxylation is 1. The van der Waals surface area contributed by atoms with Gasteiger partial charge in [-0.15, -0.1) is 0 Å². The Morgan fingerprint density at radius 3 is 2.87 bits per heavy atom. The number of thiazole rings is 1. The molecule has 4 rings (SSSR count). The average Bonchev–Trinajstić information content (AvgIpc) is 3.13. The van der Waals surface area contributed by atoms with E-state index in [1.54, 1.807) is 6.07 Å². The van der Waals surface area contributed by atoms with E-state index in [1.165, 1.54) is 11.3 Å². The molecule has 0 saturated carbocycles. The quantitative estimate of drug-likeness (QED) is 0.614. The first-order chi connectivity index (χ1) is 14.9. The number of rotatable bonds is 6. The van der Waals surface area contributed by atoms with E-state index in [0.717, 1.165) is 10.6 Å². The van der Waals surface area contributed by atoms with Gasteiger partial charge in [-0.1, -0.05) is 37.3 Å². The monoisotopic (exact) mass is 439 g/mol. The molecule has 1 aromatic carbocycles. The van der Waals surface area contributed by atoms with Crippen molar-refractivity contribution in [2.24, 2.45) is 5.92 Å². The number of para-hydroxylation sites is 2. The molecule has 9 heteroatoms. The number of carbonyl (C=O) groups is 2. The highest BCUT2D eigenvalue weighted by Crippen LogP contribution is 2.29. The standard InChI is InChI=1S/C22H25N5O3S/c1-13(2)11-20(29)27-10-9-16-18(12-27)31-22(25-16)26-19(28)8-7-17-21(30)24-15-6-4-3-5-14(15)23-17/h3-6,13H,7-12H2,1-2H3,(H,24,30)(H,25,26,28). The molecular weight excluding hydrogens is 414 g/mol. The van der Waals surface area contributed by atoms with Crippen molar-refractivity contribution in [3.8, 4) is 0 Å². The Balaban J connectivity index is 1.36. The topological polar surface area (TPSA) is 108 Å². The van der Waals surface area contributed by atoms with Gasteiger partial charge in [0.15, 0.2) is 5.13 Å². The summed E-state index contributed by atoms with van der Waals surface area (Å²) >= 11 is 1.41. The fraction of sp³-hybridized carbons (Fsp3) is 0.409. The molecule has 2 N–H and O–H groups in total. The highest BCUT2D eigenvalue weighted by atomic mass is 32.1. The van der Waals surface area contributed by atoms with Crippen LogP contribution in [0.4, 0.5) is 5.13 Å². The second-order valence-electron chi connectivity index (χ2n) is 8.13. The van der Waals surface area contributed by atoms with Gasteiger partial charge in [0, 0.05) is 37.1 Å². The van der Waals surface area contributed by atoms with Gasteiger partial charge < -0.3 is 15.2 Å². The normalized spacial score (nSPS) is 13.5. The zero-order valence-electron chi connectivity index (χ0n) is 17.6. The molecule has 31 heavy (non-hydrogen) atoms. The van der Waals surface area contributed by atoms with Gasteiger partial charge in [0.2, 0.25) is 11.8 Å². The van der Waals surface area contributed by atoms with Crippen molar-refractivity contribution in [1.82, 2.24) is 19.9 Å². The molecule has 162 valence electrons. The Morgan fingerprint density at radius 2 is 2.06 bits per heavy atom. The molecule has 1 aliphatic rings. The van der Waals surface area contributed by atoms with E-state index in [9.17, 15) is 14.4 Å². The number of nitrogens with zero attached hydrogens (tertiary/aromatic N) is 3. The number of nitrogens with one attached hydrogen (secondary N) is 2. The average molecular weight is 440 g/mol. The fourth-order valence-electron chi connectivity index (χ4n) is 3.59. The molecule has 0 spiro atoms. The van der Waals surface area contributed by atoms with E-state index < -0.39 is 0 Å². The Hall–Kier alpha value is -3.07. The lowest BCUT2D eigenvalue weighted by atomic mass is 10.1. The number of anilines is 1. The van der Waals surface area contributed by atoms with Gasteiger partial charge in [-0.2, -0.15) is 0 Å². The van der Waals surface area contributed by atoms with E-state index in [4.69, 9.17) is 0 Å². The van der Waals surface area contributed by atoms with E-state index in [2.05, 4.69) is 20.3 Å². The maximum Gasteiger partial charge on any atom is 0.270 e. The Labute approximate surface area is 183 Å². The second-order valence-corrected chi connectivity index (χ2v) is 9.21. The first kappa shape index (κ1) is 21.2. The van der Waals surface area contributed by atoms with Crippen molar-refractivity contribution < 1.29 is 9.59 Å². The zero-order chi connectivity index (χ0) is 22.0. The van der Waals surface area contributed by atoms with Gasteiger partial charge in [0.25, 0.3) is 5.56 Å². The smallest absolute Gasteiger partial charge is 0.270 e. The van der Waals surface area contributed by atoms with E-state index in [-0.39, 0.29) is 30.2 Å². The van der Waals surface area contributed by atoms with Gasteiger partial charge >= 0.3 is 0 Å². The molecule has 0 aliphatic carbocycles. The number of amides is 2. The van der Waals surface area contributed by atoms with Crippen molar-refractivity contribution in [3.05, 3.63) is 50.9 Å². The van der Waals surface area contributed by atoms with Gasteiger partial charge in [0.1, 0.15) is 5.69 Å². The van der Waals surface area contributed by atoms with Crippen molar-refractivity contribution >= 4 is 39.3 Å². The lowest BCUT2D eigenvalue weighted by molar-refractivity contribution is -0.132. The SMILES string of the molecule is CC(C)CC(=O)N1CCc2nc(NC(=O)CCc3nc4ccccc4[nH]c3=O)sc2C1. The maximum atomic E-state index is 12.4. The first-order valence-corrected chi connectivity index (χ1v) is 11.2. The van der Waals surface area contributed by atoms with E-state index in [0.29, 0.717) is 53.7 Å². The van der Waals surface area contributed by atoms with E-state index in [1.807, 2.05) is 36.9 Å². The molecule has 8 nitrogen and oxygen atoms in total. The van der Waals surface area contributed by atoms with Crippen molar-refractivity contribution in [2.75, 3.05) is 11.9 Å². The molecule has 0 atom stereocenters. The molecule has 3 aromatic rings. The summed E-state index contributed by atoms with van der Waals surface area (Å²) in [4.78, 5) is 51.5. The van der Waals surface area contributed by atoms with Crippen LogP contribution in [0.5, 0.6) is 0 Å². The highest BCUT2D eigenvalue weighted by Gasteiger charge is 2.24. The number of hydrogen-bond acceptors (Lipinski definition) is 6. The van der Waals surface area contributed by atoms with Crippen LogP contribution in [0.15, 0.2) is 29.1 Å².